The minimum Gasteiger partial charge on any atom is -0.494 e. The van der Waals surface area contributed by atoms with Crippen LogP contribution in [0.25, 0.3) is 0 Å². The van der Waals surface area contributed by atoms with Crippen LogP contribution in [0, 0.1) is 0 Å². The van der Waals surface area contributed by atoms with Gasteiger partial charge in [-0.15, -0.1) is 0 Å². The Morgan fingerprint density at radius 2 is 1.89 bits per heavy atom. The first-order valence-corrected chi connectivity index (χ1v) is 10.9. The van der Waals surface area contributed by atoms with Crippen LogP contribution in [0.5, 0.6) is 5.75 Å². The molecule has 0 spiro atoms. The van der Waals surface area contributed by atoms with E-state index in [0.29, 0.717) is 6.04 Å². The summed E-state index contributed by atoms with van der Waals surface area (Å²) in [6.45, 7) is 9.34. The Balaban J connectivity index is 1.17. The molecule has 0 saturated carbocycles. The van der Waals surface area contributed by atoms with Crippen LogP contribution in [0.4, 0.5) is 0 Å². The maximum absolute atomic E-state index is 6.03. The van der Waals surface area contributed by atoms with Gasteiger partial charge in [0.2, 0.25) is 0 Å². The van der Waals surface area contributed by atoms with Crippen LogP contribution in [0.3, 0.4) is 0 Å². The van der Waals surface area contributed by atoms with Gasteiger partial charge in [0.25, 0.3) is 0 Å². The van der Waals surface area contributed by atoms with E-state index in [2.05, 4.69) is 39.4 Å². The molecule has 1 N–H and O–H groups in total. The predicted octanol–water partition coefficient (Wildman–Crippen LogP) is 2.50. The van der Waals surface area contributed by atoms with E-state index in [1.54, 1.807) is 0 Å². The highest BCUT2D eigenvalue weighted by molar-refractivity contribution is 5.28. The van der Waals surface area contributed by atoms with Crippen molar-refractivity contribution in [2.75, 3.05) is 52.5 Å². The van der Waals surface area contributed by atoms with E-state index < -0.39 is 0 Å². The Morgan fingerprint density at radius 1 is 1.00 bits per heavy atom. The van der Waals surface area contributed by atoms with Crippen molar-refractivity contribution in [3.63, 3.8) is 0 Å². The quantitative estimate of drug-likeness (QED) is 0.709. The van der Waals surface area contributed by atoms with Crippen molar-refractivity contribution in [1.82, 2.24) is 15.1 Å². The molecule has 4 rings (SSSR count). The molecule has 3 fully saturated rings. The van der Waals surface area contributed by atoms with Crippen LogP contribution in [0.1, 0.15) is 37.7 Å². The van der Waals surface area contributed by atoms with Gasteiger partial charge in [-0.1, -0.05) is 12.1 Å². The molecule has 2 bridgehead atoms. The molecule has 0 aliphatic carbocycles. The van der Waals surface area contributed by atoms with Crippen LogP contribution in [-0.2, 0) is 11.3 Å². The molecule has 3 aliphatic heterocycles. The summed E-state index contributed by atoms with van der Waals surface area (Å²) in [5, 5.41) is 3.77. The zero-order chi connectivity index (χ0) is 18.3. The first-order valence-electron chi connectivity index (χ1n) is 10.9. The highest BCUT2D eigenvalue weighted by atomic mass is 16.5. The largest absolute Gasteiger partial charge is 0.494 e. The van der Waals surface area contributed by atoms with E-state index in [0.717, 1.165) is 64.2 Å². The van der Waals surface area contributed by atoms with Crippen LogP contribution in [0.15, 0.2) is 24.3 Å². The molecule has 3 aliphatic rings. The van der Waals surface area contributed by atoms with Crippen molar-refractivity contribution in [3.05, 3.63) is 29.8 Å². The molecule has 0 aromatic heterocycles. The van der Waals surface area contributed by atoms with Gasteiger partial charge in [-0.25, -0.2) is 0 Å². The minimum absolute atomic E-state index is 0.698. The number of rotatable bonds is 8. The number of benzene rings is 1. The summed E-state index contributed by atoms with van der Waals surface area (Å²) in [5.74, 6) is 1.02. The van der Waals surface area contributed by atoms with Crippen LogP contribution < -0.4 is 10.1 Å². The average Bonchev–Trinajstić information content (AvgIpc) is 3.04. The fourth-order valence-electron chi connectivity index (χ4n) is 4.60. The summed E-state index contributed by atoms with van der Waals surface area (Å²) in [6, 6.07) is 10.2. The maximum atomic E-state index is 6.03. The van der Waals surface area contributed by atoms with Gasteiger partial charge >= 0.3 is 0 Å². The predicted molar refractivity (Wildman–Crippen MR) is 108 cm³/mol. The van der Waals surface area contributed by atoms with Gasteiger partial charge in [0, 0.05) is 44.8 Å². The van der Waals surface area contributed by atoms with E-state index in [9.17, 15) is 0 Å². The van der Waals surface area contributed by atoms with Gasteiger partial charge in [0.05, 0.1) is 19.8 Å². The average molecular weight is 374 g/mol. The zero-order valence-electron chi connectivity index (χ0n) is 16.6. The molecule has 1 aromatic rings. The lowest BCUT2D eigenvalue weighted by Crippen LogP contribution is -2.36. The minimum atomic E-state index is 0.698. The lowest BCUT2D eigenvalue weighted by molar-refractivity contribution is 0.0368. The second kappa shape index (κ2) is 9.87. The lowest BCUT2D eigenvalue weighted by atomic mass is 10.1. The summed E-state index contributed by atoms with van der Waals surface area (Å²) in [7, 11) is 0. The van der Waals surface area contributed by atoms with Gasteiger partial charge in [0.15, 0.2) is 0 Å². The number of nitrogens with one attached hydrogen (secondary N) is 1. The molecule has 0 radical (unpaired) electrons. The number of fused-ring (bicyclic) bond motifs is 2. The molecule has 0 amide bonds. The van der Waals surface area contributed by atoms with Crippen molar-refractivity contribution in [1.29, 1.82) is 0 Å². The van der Waals surface area contributed by atoms with E-state index >= 15 is 0 Å². The van der Waals surface area contributed by atoms with Gasteiger partial charge in [-0.2, -0.15) is 0 Å². The van der Waals surface area contributed by atoms with Gasteiger partial charge in [0.1, 0.15) is 5.75 Å². The monoisotopic (exact) mass is 373 g/mol. The number of nitrogens with zero attached hydrogens (tertiary/aromatic N) is 2. The molecule has 1 aromatic carbocycles. The molecule has 0 unspecified atom stereocenters. The second-order valence-corrected chi connectivity index (χ2v) is 8.32. The van der Waals surface area contributed by atoms with Crippen molar-refractivity contribution in [3.8, 4) is 5.75 Å². The normalized spacial score (nSPS) is 26.8. The molecule has 150 valence electrons. The summed E-state index contributed by atoms with van der Waals surface area (Å²) in [4.78, 5) is 5.10. The summed E-state index contributed by atoms with van der Waals surface area (Å²) < 4.78 is 11.4. The number of morpholine rings is 1. The van der Waals surface area contributed by atoms with Gasteiger partial charge < -0.3 is 14.8 Å². The highest BCUT2D eigenvalue weighted by Crippen LogP contribution is 2.22. The van der Waals surface area contributed by atoms with E-state index in [4.69, 9.17) is 9.47 Å². The van der Waals surface area contributed by atoms with Crippen LogP contribution in [0.2, 0.25) is 0 Å². The summed E-state index contributed by atoms with van der Waals surface area (Å²) >= 11 is 0. The van der Waals surface area contributed by atoms with E-state index in [1.807, 2.05) is 0 Å². The molecule has 5 heteroatoms. The molecule has 27 heavy (non-hydrogen) atoms. The smallest absolute Gasteiger partial charge is 0.119 e. The number of hydrogen-bond acceptors (Lipinski definition) is 5. The van der Waals surface area contributed by atoms with Crippen molar-refractivity contribution in [2.24, 2.45) is 0 Å². The Kier molecular flexibility index (Phi) is 7.02. The van der Waals surface area contributed by atoms with Crippen molar-refractivity contribution >= 4 is 0 Å². The van der Waals surface area contributed by atoms with Crippen LogP contribution >= 0.6 is 0 Å². The summed E-state index contributed by atoms with van der Waals surface area (Å²) in [5.41, 5.74) is 1.37. The topological polar surface area (TPSA) is 37.0 Å². The third-order valence-corrected chi connectivity index (χ3v) is 6.15. The standard InChI is InChI=1S/C22H35N3O2/c1(9-24-11-14-26-15-12-24)2-13-27-22-5-3-4-19(16-22)17-25-10-8-20-6-7-21(18-25)23-20/h3-5,16,20-21,23H,1-2,6-15,17-18H2/t20-,21+/m1/s1. The van der Waals surface area contributed by atoms with Crippen LogP contribution in [-0.4, -0.2) is 74.4 Å². The van der Waals surface area contributed by atoms with E-state index in [-0.39, 0.29) is 0 Å². The zero-order valence-corrected chi connectivity index (χ0v) is 16.6. The molecule has 3 saturated heterocycles. The van der Waals surface area contributed by atoms with Crippen molar-refractivity contribution < 1.29 is 9.47 Å². The molecule has 3 heterocycles. The number of hydrogen-bond donors (Lipinski definition) is 1. The van der Waals surface area contributed by atoms with Gasteiger partial charge in [-0.3, -0.25) is 9.80 Å². The second-order valence-electron chi connectivity index (χ2n) is 8.32. The Morgan fingerprint density at radius 3 is 2.81 bits per heavy atom. The first kappa shape index (κ1) is 19.2. The van der Waals surface area contributed by atoms with Crippen molar-refractivity contribution in [2.45, 2.75) is 50.7 Å². The first-order chi connectivity index (χ1) is 13.3. The Hall–Kier alpha value is -1.14. The maximum Gasteiger partial charge on any atom is 0.119 e. The summed E-state index contributed by atoms with van der Waals surface area (Å²) in [6.07, 6.45) is 6.31. The number of unbranched alkanes of at least 4 members (excludes halogenated alkanes) is 1. The molecule has 2 atom stereocenters. The number of likely N-dealkylation sites (tertiary alicyclic amines) is 1. The Labute approximate surface area is 164 Å². The lowest BCUT2D eigenvalue weighted by Gasteiger charge is -2.26. The third-order valence-electron chi connectivity index (χ3n) is 6.15. The molecule has 5 nitrogen and oxygen atoms in total. The van der Waals surface area contributed by atoms with Gasteiger partial charge in [-0.05, 0) is 56.3 Å². The van der Waals surface area contributed by atoms with E-state index in [1.165, 1.54) is 44.3 Å². The Bertz CT molecular complexity index is 576. The molecular weight excluding hydrogens is 338 g/mol. The molecular formula is C22H35N3O2. The third kappa shape index (κ3) is 5.92. The fraction of sp³-hybridized carbons (Fsp3) is 0.727. The highest BCUT2D eigenvalue weighted by Gasteiger charge is 2.29. The number of ether oxygens (including phenoxy) is 2. The SMILES string of the molecule is c1cc(CN2CC[C@H]3CC[C@@H](C2)N3)cc(OCCCCN2CCOCC2)c1. The fourth-order valence-corrected chi connectivity index (χ4v) is 4.60.